The van der Waals surface area contributed by atoms with Crippen molar-refractivity contribution in [2.24, 2.45) is 29.4 Å². The van der Waals surface area contributed by atoms with Gasteiger partial charge in [0.15, 0.2) is 0 Å². The summed E-state index contributed by atoms with van der Waals surface area (Å²) in [5.41, 5.74) is 7.04. The lowest BCUT2D eigenvalue weighted by atomic mass is 9.69. The van der Waals surface area contributed by atoms with Crippen LogP contribution in [0, 0.1) is 23.7 Å². The number of nitrogens with two attached hydrogens (primary N) is 1. The van der Waals surface area contributed by atoms with Crippen molar-refractivity contribution in [3.8, 4) is 0 Å². The number of amides is 1. The Morgan fingerprint density at radius 3 is 2.47 bits per heavy atom. The lowest BCUT2D eigenvalue weighted by Crippen LogP contribution is -2.40. The van der Waals surface area contributed by atoms with Gasteiger partial charge in [-0.1, -0.05) is 41.0 Å². The van der Waals surface area contributed by atoms with E-state index in [1.165, 1.54) is 9.13 Å². The summed E-state index contributed by atoms with van der Waals surface area (Å²) in [6.45, 7) is 14.4. The molecule has 2 aromatic rings. The molecule has 1 heterocycles. The first-order chi connectivity index (χ1) is 16.7. The van der Waals surface area contributed by atoms with Gasteiger partial charge in [-0.3, -0.25) is 14.2 Å². The minimum absolute atomic E-state index is 0. The molecule has 0 unspecified atom stereocenters. The Balaban J connectivity index is 0.00000456. The molecule has 1 aliphatic carbocycles. The van der Waals surface area contributed by atoms with Crippen LogP contribution >= 0.6 is 13.5 Å². The topological polar surface area (TPSA) is 102 Å². The Bertz CT molecular complexity index is 1090. The van der Waals surface area contributed by atoms with Crippen LogP contribution in [0.2, 0.25) is 0 Å². The molecule has 0 radical (unpaired) electrons. The van der Waals surface area contributed by atoms with Gasteiger partial charge in [0.05, 0.1) is 11.0 Å². The molecule has 9 heteroatoms. The third-order valence-corrected chi connectivity index (χ3v) is 7.71. The lowest BCUT2D eigenvalue weighted by Gasteiger charge is -2.36. The second kappa shape index (κ2) is 13.4. The maximum absolute atomic E-state index is 13.8. The van der Waals surface area contributed by atoms with Crippen LogP contribution in [0.15, 0.2) is 23.0 Å². The van der Waals surface area contributed by atoms with Gasteiger partial charge in [-0.05, 0) is 61.9 Å². The Kier molecular flexibility index (Phi) is 11.3. The molecule has 0 bridgehead atoms. The minimum atomic E-state index is -0.365. The van der Waals surface area contributed by atoms with Crippen molar-refractivity contribution in [3.05, 3.63) is 34.2 Å². The fourth-order valence-electron chi connectivity index (χ4n) is 5.58. The Morgan fingerprint density at radius 1 is 1.17 bits per heavy atom. The van der Waals surface area contributed by atoms with Crippen molar-refractivity contribution in [2.75, 3.05) is 32.7 Å². The summed E-state index contributed by atoms with van der Waals surface area (Å²) in [7, 11) is 0. The van der Waals surface area contributed by atoms with Crippen LogP contribution in [0.3, 0.4) is 0 Å². The number of hydrogen-bond acceptors (Lipinski definition) is 5. The van der Waals surface area contributed by atoms with Crippen molar-refractivity contribution in [2.45, 2.75) is 60.4 Å². The summed E-state index contributed by atoms with van der Waals surface area (Å²) >= 11 is 0. The highest BCUT2D eigenvalue weighted by atomic mass is 32.1. The molecule has 0 saturated heterocycles. The second-order valence-corrected chi connectivity index (χ2v) is 10.3. The predicted molar refractivity (Wildman–Crippen MR) is 151 cm³/mol. The fourth-order valence-corrected chi connectivity index (χ4v) is 5.58. The number of nitrogens with zero attached hydrogens (tertiary/aromatic N) is 3. The van der Waals surface area contributed by atoms with Gasteiger partial charge in [-0.25, -0.2) is 9.36 Å². The Hall–Kier alpha value is -2.10. The SMILES string of the molecule is CCN(CC)CCNC(=O)c1ccc2c(c1)n(CCN)c(=O)n2C(=O)[C@@H]1C[C@H](C)CC[C@H]1C(C)C.S. The zero-order valence-corrected chi connectivity index (χ0v) is 23.5. The summed E-state index contributed by atoms with van der Waals surface area (Å²) in [6.07, 6.45) is 2.91. The number of hydrogen-bond donors (Lipinski definition) is 2. The minimum Gasteiger partial charge on any atom is -0.351 e. The van der Waals surface area contributed by atoms with E-state index in [9.17, 15) is 14.4 Å². The summed E-state index contributed by atoms with van der Waals surface area (Å²) in [5, 5.41) is 2.97. The summed E-state index contributed by atoms with van der Waals surface area (Å²) in [5.74, 6) is 0.587. The van der Waals surface area contributed by atoms with Crippen molar-refractivity contribution in [1.82, 2.24) is 19.4 Å². The fraction of sp³-hybridized carbons (Fsp3) is 0.667. The first-order valence-corrected chi connectivity index (χ1v) is 13.2. The molecule has 36 heavy (non-hydrogen) atoms. The standard InChI is InChI=1S/C27H43N5O3.H2S/c1-6-30(7-2)15-13-29-25(33)20-9-11-23-24(17-20)31(14-12-28)27(35)32(23)26(34)22-16-19(5)8-10-21(22)18(3)4;/h9,11,17-19,21-22H,6-8,10,12-16,28H2,1-5H3,(H,29,33);1H2/t19-,21+,22-;/m1./s1. The molecule has 1 fully saturated rings. The van der Waals surface area contributed by atoms with E-state index >= 15 is 0 Å². The summed E-state index contributed by atoms with van der Waals surface area (Å²) in [4.78, 5) is 42.4. The van der Waals surface area contributed by atoms with E-state index in [1.54, 1.807) is 18.2 Å². The van der Waals surface area contributed by atoms with E-state index < -0.39 is 0 Å². The number of imidazole rings is 1. The summed E-state index contributed by atoms with van der Waals surface area (Å²) < 4.78 is 2.88. The first-order valence-electron chi connectivity index (χ1n) is 13.2. The number of benzene rings is 1. The second-order valence-electron chi connectivity index (χ2n) is 10.3. The van der Waals surface area contributed by atoms with Gasteiger partial charge in [0.25, 0.3) is 5.91 Å². The van der Waals surface area contributed by atoms with Gasteiger partial charge in [0.2, 0.25) is 5.91 Å². The summed E-state index contributed by atoms with van der Waals surface area (Å²) in [6, 6.07) is 5.15. The number of nitrogens with one attached hydrogen (secondary N) is 1. The molecule has 8 nitrogen and oxygen atoms in total. The van der Waals surface area contributed by atoms with Crippen molar-refractivity contribution >= 4 is 36.3 Å². The number of aromatic nitrogens is 2. The van der Waals surface area contributed by atoms with E-state index in [4.69, 9.17) is 5.73 Å². The lowest BCUT2D eigenvalue weighted by molar-refractivity contribution is 0.0633. The molecule has 3 N–H and O–H groups in total. The molecule has 202 valence electrons. The van der Waals surface area contributed by atoms with Crippen LogP contribution in [0.1, 0.15) is 69.0 Å². The number of likely N-dealkylation sites (N-methyl/N-ethyl adjacent to an activating group) is 1. The predicted octanol–water partition coefficient (Wildman–Crippen LogP) is 3.29. The molecule has 3 atom stereocenters. The van der Waals surface area contributed by atoms with Crippen molar-refractivity contribution in [3.63, 3.8) is 0 Å². The van der Waals surface area contributed by atoms with E-state index in [0.29, 0.717) is 35.0 Å². The number of carbonyl (C=O) groups excluding carboxylic acids is 2. The third kappa shape index (κ3) is 6.42. The van der Waals surface area contributed by atoms with Gasteiger partial charge in [-0.15, -0.1) is 0 Å². The maximum Gasteiger partial charge on any atom is 0.336 e. The zero-order valence-electron chi connectivity index (χ0n) is 22.5. The quantitative estimate of drug-likeness (QED) is 0.502. The van der Waals surface area contributed by atoms with Crippen LogP contribution in [-0.2, 0) is 6.54 Å². The largest absolute Gasteiger partial charge is 0.351 e. The van der Waals surface area contributed by atoms with Crippen LogP contribution in [0.25, 0.3) is 11.0 Å². The Labute approximate surface area is 222 Å². The molecule has 1 aliphatic rings. The van der Waals surface area contributed by atoms with Gasteiger partial charge in [0, 0.05) is 37.7 Å². The van der Waals surface area contributed by atoms with E-state index in [-0.39, 0.29) is 55.9 Å². The zero-order chi connectivity index (χ0) is 25.7. The molecule has 1 aromatic carbocycles. The van der Waals surface area contributed by atoms with E-state index in [1.807, 2.05) is 0 Å². The normalized spacial score (nSPS) is 20.1. The molecule has 1 saturated carbocycles. The molecule has 3 rings (SSSR count). The van der Waals surface area contributed by atoms with Gasteiger partial charge >= 0.3 is 5.69 Å². The van der Waals surface area contributed by atoms with Crippen LogP contribution in [-0.4, -0.2) is 58.6 Å². The van der Waals surface area contributed by atoms with Crippen LogP contribution < -0.4 is 16.7 Å². The smallest absolute Gasteiger partial charge is 0.336 e. The van der Waals surface area contributed by atoms with Crippen LogP contribution in [0.5, 0.6) is 0 Å². The van der Waals surface area contributed by atoms with Crippen molar-refractivity contribution < 1.29 is 9.59 Å². The highest BCUT2D eigenvalue weighted by Gasteiger charge is 2.37. The number of fused-ring (bicyclic) bond motifs is 1. The monoisotopic (exact) mass is 519 g/mol. The third-order valence-electron chi connectivity index (χ3n) is 7.71. The highest BCUT2D eigenvalue weighted by molar-refractivity contribution is 7.59. The van der Waals surface area contributed by atoms with E-state index in [2.05, 4.69) is 44.8 Å². The van der Waals surface area contributed by atoms with Gasteiger partial charge in [0.1, 0.15) is 0 Å². The molecule has 1 aromatic heterocycles. The number of rotatable bonds is 10. The van der Waals surface area contributed by atoms with Crippen molar-refractivity contribution in [1.29, 1.82) is 0 Å². The first kappa shape index (κ1) is 30.1. The molecular weight excluding hydrogens is 474 g/mol. The molecule has 0 aliphatic heterocycles. The molecule has 1 amide bonds. The molecule has 0 spiro atoms. The average Bonchev–Trinajstić information content (AvgIpc) is 3.11. The molecular formula is C27H45N5O3S. The highest BCUT2D eigenvalue weighted by Crippen LogP contribution is 2.39. The van der Waals surface area contributed by atoms with E-state index in [0.717, 1.165) is 38.9 Å². The van der Waals surface area contributed by atoms with Gasteiger partial charge < -0.3 is 16.0 Å². The van der Waals surface area contributed by atoms with Crippen LogP contribution in [0.4, 0.5) is 0 Å². The Morgan fingerprint density at radius 2 is 1.86 bits per heavy atom. The maximum atomic E-state index is 13.8. The van der Waals surface area contributed by atoms with Gasteiger partial charge in [-0.2, -0.15) is 13.5 Å². The number of carbonyl (C=O) groups is 2. The average molecular weight is 520 g/mol.